The highest BCUT2D eigenvalue weighted by Gasteiger charge is 2.38. The Morgan fingerprint density at radius 3 is 2.29 bits per heavy atom. The number of benzene rings is 2. The molecule has 1 fully saturated rings. The molecule has 1 aliphatic heterocycles. The number of aromatic nitrogens is 1. The third kappa shape index (κ3) is 5.90. The zero-order valence-electron chi connectivity index (χ0n) is 23.6. The van der Waals surface area contributed by atoms with E-state index in [1.165, 1.54) is 15.9 Å². The molecule has 5 rings (SSSR count). The Kier molecular flexibility index (Phi) is 8.11. The van der Waals surface area contributed by atoms with Gasteiger partial charge in [-0.2, -0.15) is 13.2 Å². The summed E-state index contributed by atoms with van der Waals surface area (Å²) in [6, 6.07) is 10.6. The molecular weight excluding hydrogens is 569 g/mol. The van der Waals surface area contributed by atoms with Crippen LogP contribution in [0.1, 0.15) is 63.7 Å². The lowest BCUT2D eigenvalue weighted by Gasteiger charge is -2.42. The number of piperidine rings is 1. The summed E-state index contributed by atoms with van der Waals surface area (Å²) < 4.78 is 41.3. The number of hydrogen-bond donors (Lipinski definition) is 1. The number of aromatic carboxylic acids is 1. The third-order valence-electron chi connectivity index (χ3n) is 8.21. The van der Waals surface area contributed by atoms with Crippen LogP contribution in [0.15, 0.2) is 48.5 Å². The van der Waals surface area contributed by atoms with Gasteiger partial charge in [0.05, 0.1) is 27.9 Å². The molecular formula is C31H32ClF3N4O3. The summed E-state index contributed by atoms with van der Waals surface area (Å²) in [4.78, 5) is 35.5. The maximum absolute atomic E-state index is 14.3. The number of aryl methyl sites for hydroxylation is 3. The van der Waals surface area contributed by atoms with Gasteiger partial charge in [0.1, 0.15) is 0 Å². The maximum atomic E-state index is 14.3. The summed E-state index contributed by atoms with van der Waals surface area (Å²) in [5, 5.41) is 9.56. The van der Waals surface area contributed by atoms with E-state index in [2.05, 4.69) is 9.88 Å². The first-order valence-corrected chi connectivity index (χ1v) is 14.2. The average molecular weight is 601 g/mol. The fourth-order valence-corrected chi connectivity index (χ4v) is 6.33. The first kappa shape index (κ1) is 29.7. The number of fused-ring (bicyclic) bond motifs is 1. The lowest BCUT2D eigenvalue weighted by Crippen LogP contribution is -2.52. The van der Waals surface area contributed by atoms with Crippen molar-refractivity contribution in [2.75, 3.05) is 29.9 Å². The van der Waals surface area contributed by atoms with Crippen molar-refractivity contribution >= 4 is 35.0 Å². The number of anilines is 2. The van der Waals surface area contributed by atoms with Crippen LogP contribution in [0.2, 0.25) is 5.02 Å². The first-order valence-electron chi connectivity index (χ1n) is 13.8. The van der Waals surface area contributed by atoms with Gasteiger partial charge in [-0.25, -0.2) is 9.59 Å². The Balaban J connectivity index is 1.48. The van der Waals surface area contributed by atoms with Crippen LogP contribution in [0.4, 0.5) is 29.3 Å². The van der Waals surface area contributed by atoms with Gasteiger partial charge in [0.25, 0.3) is 0 Å². The SMILES string of the molecule is Cc1cc(N2CCC(N(C(=O)N(C)C3CCc4ccc(C(=O)O)cc43)c3cc(C(F)(F)F)ccc3Cl)CC2)cc(C)n1. The summed E-state index contributed by atoms with van der Waals surface area (Å²) in [5.41, 5.74) is 3.72. The lowest BCUT2D eigenvalue weighted by molar-refractivity contribution is -0.137. The Morgan fingerprint density at radius 2 is 1.67 bits per heavy atom. The van der Waals surface area contributed by atoms with Crippen molar-refractivity contribution in [3.63, 3.8) is 0 Å². The molecule has 1 unspecified atom stereocenters. The van der Waals surface area contributed by atoms with Crippen LogP contribution in [0, 0.1) is 13.8 Å². The van der Waals surface area contributed by atoms with E-state index >= 15 is 0 Å². The molecule has 0 spiro atoms. The van der Waals surface area contributed by atoms with Gasteiger partial charge in [0, 0.05) is 43.3 Å². The molecule has 2 amide bonds. The Bertz CT molecular complexity index is 1500. The molecule has 1 saturated heterocycles. The molecule has 222 valence electrons. The van der Waals surface area contributed by atoms with E-state index in [0.717, 1.165) is 40.3 Å². The molecule has 0 saturated carbocycles. The number of rotatable bonds is 5. The van der Waals surface area contributed by atoms with Gasteiger partial charge >= 0.3 is 18.2 Å². The number of amides is 2. The summed E-state index contributed by atoms with van der Waals surface area (Å²) in [7, 11) is 1.61. The van der Waals surface area contributed by atoms with Gasteiger partial charge in [-0.3, -0.25) is 9.88 Å². The third-order valence-corrected chi connectivity index (χ3v) is 8.53. The fraction of sp³-hybridized carbons (Fsp3) is 0.387. The molecule has 1 aliphatic carbocycles. The normalized spacial score (nSPS) is 17.2. The predicted molar refractivity (Wildman–Crippen MR) is 156 cm³/mol. The van der Waals surface area contributed by atoms with Gasteiger partial charge in [-0.05, 0) is 93.1 Å². The highest BCUT2D eigenvalue weighted by atomic mass is 35.5. The molecule has 0 radical (unpaired) electrons. The van der Waals surface area contributed by atoms with Gasteiger partial charge in [-0.1, -0.05) is 17.7 Å². The van der Waals surface area contributed by atoms with E-state index in [-0.39, 0.29) is 16.3 Å². The van der Waals surface area contributed by atoms with E-state index in [4.69, 9.17) is 11.6 Å². The van der Waals surface area contributed by atoms with Crippen molar-refractivity contribution in [1.82, 2.24) is 9.88 Å². The second-order valence-corrected chi connectivity index (χ2v) is 11.4. The van der Waals surface area contributed by atoms with E-state index in [9.17, 15) is 27.9 Å². The molecule has 1 N–H and O–H groups in total. The van der Waals surface area contributed by atoms with Crippen molar-refractivity contribution in [1.29, 1.82) is 0 Å². The average Bonchev–Trinajstić information content (AvgIpc) is 3.36. The van der Waals surface area contributed by atoms with Crippen LogP contribution in [0.3, 0.4) is 0 Å². The number of carboxylic acids is 1. The number of halogens is 4. The summed E-state index contributed by atoms with van der Waals surface area (Å²) in [6.45, 7) is 5.03. The highest BCUT2D eigenvalue weighted by Crippen LogP contribution is 2.41. The number of carbonyl (C=O) groups excluding carboxylic acids is 1. The fourth-order valence-electron chi connectivity index (χ4n) is 6.13. The summed E-state index contributed by atoms with van der Waals surface area (Å²) in [5.74, 6) is -1.07. The molecule has 1 aromatic heterocycles. The Labute approximate surface area is 247 Å². The molecule has 2 heterocycles. The van der Waals surface area contributed by atoms with Crippen molar-refractivity contribution in [2.45, 2.75) is 57.8 Å². The Hall–Kier alpha value is -3.79. The van der Waals surface area contributed by atoms with Gasteiger partial charge < -0.3 is 14.9 Å². The minimum absolute atomic E-state index is 0.00917. The molecule has 1 atom stereocenters. The van der Waals surface area contributed by atoms with E-state index < -0.39 is 35.8 Å². The van der Waals surface area contributed by atoms with Crippen LogP contribution in [0.5, 0.6) is 0 Å². The van der Waals surface area contributed by atoms with Crippen LogP contribution in [0.25, 0.3) is 0 Å². The smallest absolute Gasteiger partial charge is 0.416 e. The Morgan fingerprint density at radius 1 is 1.00 bits per heavy atom. The number of pyridine rings is 1. The standard InChI is InChI=1S/C31H32ClF3N4O3/c1-18-14-24(15-19(2)36-18)38-12-10-23(11-13-38)39(28-17-22(31(33,34)35)7-8-26(28)32)30(42)37(3)27-9-6-20-4-5-21(29(40)41)16-25(20)27/h4-5,7-8,14-17,23,27H,6,9-13H2,1-3H3,(H,40,41). The van der Waals surface area contributed by atoms with Crippen LogP contribution < -0.4 is 9.80 Å². The topological polar surface area (TPSA) is 77.0 Å². The maximum Gasteiger partial charge on any atom is 0.416 e. The van der Waals surface area contributed by atoms with E-state index in [1.54, 1.807) is 25.2 Å². The minimum atomic E-state index is -4.61. The van der Waals surface area contributed by atoms with Crippen molar-refractivity contribution in [3.05, 3.63) is 87.2 Å². The molecule has 0 bridgehead atoms. The summed E-state index contributed by atoms with van der Waals surface area (Å²) >= 11 is 6.50. The number of nitrogens with zero attached hydrogens (tertiary/aromatic N) is 4. The number of carboxylic acid groups (broad SMARTS) is 1. The summed E-state index contributed by atoms with van der Waals surface area (Å²) in [6.07, 6.45) is -2.36. The van der Waals surface area contributed by atoms with Crippen molar-refractivity contribution in [2.24, 2.45) is 0 Å². The second kappa shape index (κ2) is 11.5. The minimum Gasteiger partial charge on any atom is -0.478 e. The highest BCUT2D eigenvalue weighted by molar-refractivity contribution is 6.33. The number of urea groups is 1. The largest absolute Gasteiger partial charge is 0.478 e. The van der Waals surface area contributed by atoms with Gasteiger partial charge in [0.2, 0.25) is 0 Å². The number of hydrogen-bond acceptors (Lipinski definition) is 4. The zero-order chi connectivity index (χ0) is 30.3. The molecule has 3 aromatic rings. The molecule has 11 heteroatoms. The molecule has 42 heavy (non-hydrogen) atoms. The quantitative estimate of drug-likeness (QED) is 0.333. The number of alkyl halides is 3. The number of carbonyl (C=O) groups is 2. The van der Waals surface area contributed by atoms with E-state index in [0.29, 0.717) is 38.8 Å². The molecule has 2 aliphatic rings. The molecule has 2 aromatic carbocycles. The zero-order valence-corrected chi connectivity index (χ0v) is 24.3. The van der Waals surface area contributed by atoms with Crippen molar-refractivity contribution < 1.29 is 27.9 Å². The first-order chi connectivity index (χ1) is 19.8. The van der Waals surface area contributed by atoms with Crippen molar-refractivity contribution in [3.8, 4) is 0 Å². The van der Waals surface area contributed by atoms with Gasteiger partial charge in [-0.15, -0.1) is 0 Å². The second-order valence-electron chi connectivity index (χ2n) is 11.0. The van der Waals surface area contributed by atoms with Gasteiger partial charge in [0.15, 0.2) is 0 Å². The van der Waals surface area contributed by atoms with E-state index in [1.807, 2.05) is 26.0 Å². The lowest BCUT2D eigenvalue weighted by atomic mass is 10.0. The predicted octanol–water partition coefficient (Wildman–Crippen LogP) is 7.28. The molecule has 7 nitrogen and oxygen atoms in total. The monoisotopic (exact) mass is 600 g/mol. The van der Waals surface area contributed by atoms with Crippen LogP contribution in [-0.2, 0) is 12.6 Å². The van der Waals surface area contributed by atoms with Crippen LogP contribution in [-0.4, -0.2) is 53.2 Å². The van der Waals surface area contributed by atoms with Crippen LogP contribution >= 0.6 is 11.6 Å².